The Morgan fingerprint density at radius 3 is 1.32 bits per heavy atom. The summed E-state index contributed by atoms with van der Waals surface area (Å²) in [6.07, 6.45) is 0. The smallest absolute Gasteiger partial charge is 0.0622 e. The molecule has 0 aliphatic carbocycles. The summed E-state index contributed by atoms with van der Waals surface area (Å²) in [5.41, 5.74) is 5.11. The van der Waals surface area contributed by atoms with Crippen LogP contribution >= 0.6 is 43.7 Å². The average molecular weight is 371 g/mol. The van der Waals surface area contributed by atoms with Crippen LogP contribution in [-0.2, 0) is 19.9 Å². The molecule has 2 rings (SSSR count). The van der Waals surface area contributed by atoms with Crippen molar-refractivity contribution in [2.24, 2.45) is 0 Å². The lowest BCUT2D eigenvalue weighted by Gasteiger charge is -2.06. The van der Waals surface area contributed by atoms with E-state index in [-0.39, 0.29) is 0 Å². The molecule has 0 aliphatic rings. The van der Waals surface area contributed by atoms with Crippen LogP contribution < -0.4 is 0 Å². The summed E-state index contributed by atoms with van der Waals surface area (Å²) in [5.74, 6) is 1.90. The maximum atomic E-state index is 4.97. The van der Waals surface area contributed by atoms with Crippen molar-refractivity contribution >= 4 is 43.7 Å². The maximum absolute atomic E-state index is 4.97. The second-order valence-electron chi connectivity index (χ2n) is 4.39. The van der Waals surface area contributed by atoms with Crippen LogP contribution in [0.25, 0.3) is 11.1 Å². The van der Waals surface area contributed by atoms with E-state index in [0.717, 1.165) is 11.5 Å². The van der Waals surface area contributed by atoms with Gasteiger partial charge in [0.15, 0.2) is 0 Å². The van der Waals surface area contributed by atoms with Gasteiger partial charge in [0.2, 0.25) is 0 Å². The zero-order valence-corrected chi connectivity index (χ0v) is 15.7. The van der Waals surface area contributed by atoms with Crippen LogP contribution in [0.3, 0.4) is 0 Å². The van der Waals surface area contributed by atoms with E-state index < -0.39 is 0 Å². The normalized spacial score (nSPS) is 10.8. The number of rotatable bonds is 9. The molecule has 0 heterocycles. The van der Waals surface area contributed by atoms with E-state index in [1.54, 1.807) is 35.8 Å². The van der Waals surface area contributed by atoms with Gasteiger partial charge in [0.05, 0.1) is 36.4 Å². The quantitative estimate of drug-likeness (QED) is 0.293. The highest BCUT2D eigenvalue weighted by Crippen LogP contribution is 2.29. The van der Waals surface area contributed by atoms with Gasteiger partial charge in [-0.3, -0.25) is 0 Å². The van der Waals surface area contributed by atoms with E-state index in [1.165, 1.54) is 44.4 Å². The van der Waals surface area contributed by atoms with Gasteiger partial charge >= 0.3 is 0 Å². The Hall–Kier alpha value is -0.240. The van der Waals surface area contributed by atoms with E-state index in [9.17, 15) is 0 Å². The molecular formula is C16H18O2S4. The lowest BCUT2D eigenvalue weighted by molar-refractivity contribution is 0.497. The predicted molar refractivity (Wildman–Crippen MR) is 104 cm³/mol. The molecule has 0 radical (unpaired) electrons. The van der Waals surface area contributed by atoms with Crippen LogP contribution in [0.4, 0.5) is 0 Å². The summed E-state index contributed by atoms with van der Waals surface area (Å²) in [5, 5.41) is 0. The van der Waals surface area contributed by atoms with Crippen molar-refractivity contribution in [3.8, 4) is 11.1 Å². The SMILES string of the molecule is COSSCc1ccc(-c2ccc(CSSOC)cc2)cc1. The summed E-state index contributed by atoms with van der Waals surface area (Å²) in [6.45, 7) is 0. The van der Waals surface area contributed by atoms with Gasteiger partial charge in [-0.15, -0.1) is 0 Å². The molecule has 22 heavy (non-hydrogen) atoms. The Kier molecular flexibility index (Phi) is 8.66. The molecule has 2 aromatic rings. The Labute approximate surface area is 148 Å². The first-order chi connectivity index (χ1) is 10.8. The first kappa shape index (κ1) is 18.1. The average Bonchev–Trinajstić information content (AvgIpc) is 2.57. The van der Waals surface area contributed by atoms with Gasteiger partial charge in [0, 0.05) is 11.5 Å². The Morgan fingerprint density at radius 2 is 1.00 bits per heavy atom. The molecule has 0 N–H and O–H groups in total. The van der Waals surface area contributed by atoms with Gasteiger partial charge < -0.3 is 8.37 Å². The van der Waals surface area contributed by atoms with Gasteiger partial charge in [-0.25, -0.2) is 0 Å². The van der Waals surface area contributed by atoms with Crippen LogP contribution in [0.2, 0.25) is 0 Å². The maximum Gasteiger partial charge on any atom is 0.0622 e. The molecule has 0 amide bonds. The first-order valence-electron chi connectivity index (χ1n) is 6.66. The van der Waals surface area contributed by atoms with Crippen LogP contribution in [0.5, 0.6) is 0 Å². The molecule has 2 nitrogen and oxygen atoms in total. The van der Waals surface area contributed by atoms with Gasteiger partial charge in [0.25, 0.3) is 0 Å². The molecule has 0 atom stereocenters. The standard InChI is InChI=1S/C16H18O2S4/c1-17-21-19-11-13-3-7-15(8-4-13)16-9-5-14(6-10-16)12-20-22-18-2/h3-10H,11-12H2,1-2H3. The minimum atomic E-state index is 0.951. The van der Waals surface area contributed by atoms with Gasteiger partial charge in [-0.2, -0.15) is 0 Å². The lowest BCUT2D eigenvalue weighted by Crippen LogP contribution is -1.83. The summed E-state index contributed by atoms with van der Waals surface area (Å²) in [7, 11) is 6.78. The van der Waals surface area contributed by atoms with Crippen molar-refractivity contribution in [1.29, 1.82) is 0 Å². The summed E-state index contributed by atoms with van der Waals surface area (Å²) in [4.78, 5) is 0. The van der Waals surface area contributed by atoms with E-state index in [2.05, 4.69) is 48.5 Å². The highest BCUT2D eigenvalue weighted by Gasteiger charge is 2.00. The second kappa shape index (κ2) is 10.5. The van der Waals surface area contributed by atoms with Crippen LogP contribution in [-0.4, -0.2) is 14.2 Å². The lowest BCUT2D eigenvalue weighted by atomic mass is 10.0. The molecule has 0 fully saturated rings. The summed E-state index contributed by atoms with van der Waals surface area (Å²) < 4.78 is 9.94. The van der Waals surface area contributed by atoms with Crippen LogP contribution in [0.15, 0.2) is 48.5 Å². The monoisotopic (exact) mass is 370 g/mol. The van der Waals surface area contributed by atoms with Gasteiger partial charge in [-0.1, -0.05) is 70.1 Å². The highest BCUT2D eigenvalue weighted by molar-refractivity contribution is 8.74. The number of benzene rings is 2. The van der Waals surface area contributed by atoms with Crippen molar-refractivity contribution in [3.05, 3.63) is 59.7 Å². The topological polar surface area (TPSA) is 18.5 Å². The molecule has 0 saturated heterocycles. The number of hydrogen-bond acceptors (Lipinski definition) is 6. The minimum Gasteiger partial charge on any atom is -0.308 e. The first-order valence-corrected chi connectivity index (χ1v) is 11.1. The molecule has 0 unspecified atom stereocenters. The van der Waals surface area contributed by atoms with Crippen molar-refractivity contribution in [3.63, 3.8) is 0 Å². The molecule has 0 aliphatic heterocycles. The van der Waals surface area contributed by atoms with Crippen LogP contribution in [0.1, 0.15) is 11.1 Å². The van der Waals surface area contributed by atoms with E-state index in [1.807, 2.05) is 0 Å². The fraction of sp³-hybridized carbons (Fsp3) is 0.250. The third-order valence-electron chi connectivity index (χ3n) is 2.92. The molecule has 0 bridgehead atoms. The van der Waals surface area contributed by atoms with E-state index in [4.69, 9.17) is 8.37 Å². The minimum absolute atomic E-state index is 0.951. The molecule has 0 aromatic heterocycles. The Morgan fingerprint density at radius 1 is 0.636 bits per heavy atom. The number of hydrogen-bond donors (Lipinski definition) is 0. The molecule has 2 aromatic carbocycles. The van der Waals surface area contributed by atoms with E-state index >= 15 is 0 Å². The summed E-state index contributed by atoms with van der Waals surface area (Å²) >= 11 is 2.83. The molecule has 0 spiro atoms. The Bertz CT molecular complexity index is 492. The zero-order chi connectivity index (χ0) is 15.6. The zero-order valence-electron chi connectivity index (χ0n) is 12.5. The molecule has 6 heteroatoms. The summed E-state index contributed by atoms with van der Waals surface area (Å²) in [6, 6.07) is 17.4. The van der Waals surface area contributed by atoms with Crippen molar-refractivity contribution in [2.45, 2.75) is 11.5 Å². The van der Waals surface area contributed by atoms with Crippen molar-refractivity contribution in [1.82, 2.24) is 0 Å². The molecule has 0 saturated carbocycles. The Balaban J connectivity index is 1.93. The molecule has 118 valence electrons. The third-order valence-corrected chi connectivity index (χ3v) is 6.39. The van der Waals surface area contributed by atoms with Gasteiger partial charge in [-0.05, 0) is 22.3 Å². The van der Waals surface area contributed by atoms with Gasteiger partial charge in [0.1, 0.15) is 0 Å². The van der Waals surface area contributed by atoms with E-state index in [0.29, 0.717) is 0 Å². The van der Waals surface area contributed by atoms with Crippen molar-refractivity contribution < 1.29 is 8.37 Å². The third kappa shape index (κ3) is 6.10. The largest absolute Gasteiger partial charge is 0.308 e. The fourth-order valence-corrected chi connectivity index (χ4v) is 4.50. The highest BCUT2D eigenvalue weighted by atomic mass is 33.1. The fourth-order valence-electron chi connectivity index (χ4n) is 1.87. The van der Waals surface area contributed by atoms with Crippen LogP contribution in [0, 0.1) is 0 Å². The predicted octanol–water partition coefficient (Wildman–Crippen LogP) is 6.24. The molecular weight excluding hydrogens is 352 g/mol. The second-order valence-corrected chi connectivity index (χ2v) is 8.61. The van der Waals surface area contributed by atoms with Crippen molar-refractivity contribution in [2.75, 3.05) is 14.2 Å².